The third-order valence-corrected chi connectivity index (χ3v) is 9.04. The van der Waals surface area contributed by atoms with Gasteiger partial charge in [0.2, 0.25) is 0 Å². The van der Waals surface area contributed by atoms with Crippen molar-refractivity contribution in [2.75, 3.05) is 45.0 Å². The molecule has 0 saturated carbocycles. The molecule has 0 bridgehead atoms. The molecule has 94 valence electrons. The summed E-state index contributed by atoms with van der Waals surface area (Å²) in [6.45, 7) is 2.58. The van der Waals surface area contributed by atoms with Crippen LogP contribution in [0.5, 0.6) is 0 Å². The van der Waals surface area contributed by atoms with Crippen LogP contribution in [-0.4, -0.2) is 60.3 Å². The minimum atomic E-state index is -2.29. The van der Waals surface area contributed by atoms with Crippen LogP contribution in [0.1, 0.15) is 19.3 Å². The maximum absolute atomic E-state index is 8.86. The van der Waals surface area contributed by atoms with E-state index in [1.54, 1.807) is 0 Å². The van der Waals surface area contributed by atoms with Crippen LogP contribution in [0.4, 0.5) is 0 Å². The fraction of sp³-hybridized carbons (Fsp3) is 1.00. The summed E-state index contributed by atoms with van der Waals surface area (Å²) in [5, 5.41) is 26.6. The van der Waals surface area contributed by atoms with E-state index in [9.17, 15) is 0 Å². The van der Waals surface area contributed by atoms with E-state index in [1.807, 2.05) is 0 Å². The van der Waals surface area contributed by atoms with Crippen LogP contribution in [-0.2, 0) is 0 Å². The third-order valence-electron chi connectivity index (χ3n) is 2.82. The van der Waals surface area contributed by atoms with Gasteiger partial charge in [0.15, 0.2) is 0 Å². The predicted octanol–water partition coefficient (Wildman–Crippen LogP) is 1.47. The van der Waals surface area contributed by atoms with Crippen LogP contribution < -0.4 is 0 Å². The van der Waals surface area contributed by atoms with Crippen molar-refractivity contribution in [2.45, 2.75) is 19.3 Å². The zero-order valence-electron chi connectivity index (χ0n) is 9.53. The van der Waals surface area contributed by atoms with Gasteiger partial charge in [0.1, 0.15) is 0 Å². The number of halogens is 1. The van der Waals surface area contributed by atoms with Crippen molar-refractivity contribution in [2.24, 2.45) is 0 Å². The molecule has 0 aromatic carbocycles. The first-order valence-corrected chi connectivity index (χ1v) is 9.66. The van der Waals surface area contributed by atoms with Gasteiger partial charge in [0.05, 0.1) is 0 Å². The molecule has 5 heteroatoms. The molecular formula is C10H24ClO3P. The van der Waals surface area contributed by atoms with Gasteiger partial charge in [-0.15, -0.1) is 0 Å². The van der Waals surface area contributed by atoms with E-state index in [0.29, 0.717) is 19.3 Å². The average molecular weight is 259 g/mol. The topological polar surface area (TPSA) is 60.7 Å². The summed E-state index contributed by atoms with van der Waals surface area (Å²) in [5.74, 6) is -2.29. The molecule has 0 aliphatic carbocycles. The predicted molar refractivity (Wildman–Crippen MR) is 68.4 cm³/mol. The Kier molecular flexibility index (Phi) is 7.31. The standard InChI is InChI=1S/C10H24ClO3P/c1-15(11,8-2-5-12,9-3-6-13)10-4-7-14/h12-14H,2-10H2,1H3. The van der Waals surface area contributed by atoms with E-state index in [0.717, 1.165) is 18.5 Å². The Morgan fingerprint density at radius 3 is 1.27 bits per heavy atom. The van der Waals surface area contributed by atoms with Crippen molar-refractivity contribution in [3.63, 3.8) is 0 Å². The second-order valence-electron chi connectivity index (χ2n) is 4.55. The summed E-state index contributed by atoms with van der Waals surface area (Å²) in [5.41, 5.74) is 0. The maximum atomic E-state index is 8.86. The molecule has 15 heavy (non-hydrogen) atoms. The van der Waals surface area contributed by atoms with Crippen molar-refractivity contribution in [3.05, 3.63) is 0 Å². The molecule has 0 fully saturated rings. The van der Waals surface area contributed by atoms with E-state index < -0.39 is 5.96 Å². The fourth-order valence-corrected chi connectivity index (χ4v) is 6.69. The molecule has 0 saturated heterocycles. The molecule has 0 aliphatic rings. The van der Waals surface area contributed by atoms with Crippen molar-refractivity contribution < 1.29 is 15.3 Å². The van der Waals surface area contributed by atoms with Crippen LogP contribution in [0.15, 0.2) is 0 Å². The third kappa shape index (κ3) is 6.70. The zero-order chi connectivity index (χ0) is 11.8. The van der Waals surface area contributed by atoms with Gasteiger partial charge in [-0.3, -0.25) is 0 Å². The Bertz CT molecular complexity index is 148. The van der Waals surface area contributed by atoms with Gasteiger partial charge in [0, 0.05) is 0 Å². The van der Waals surface area contributed by atoms with Gasteiger partial charge in [-0.1, -0.05) is 0 Å². The van der Waals surface area contributed by atoms with E-state index in [4.69, 9.17) is 26.6 Å². The summed E-state index contributed by atoms with van der Waals surface area (Å²) in [4.78, 5) is 0. The van der Waals surface area contributed by atoms with E-state index in [-0.39, 0.29) is 19.8 Å². The molecule has 0 aromatic heterocycles. The summed E-state index contributed by atoms with van der Waals surface area (Å²) < 4.78 is 0. The van der Waals surface area contributed by atoms with Crippen LogP contribution >= 0.6 is 17.2 Å². The molecule has 0 amide bonds. The second kappa shape index (κ2) is 7.03. The number of hydrogen-bond donors (Lipinski definition) is 3. The Hall–Kier alpha value is 0.600. The first-order chi connectivity index (χ1) is 6.96. The second-order valence-corrected chi connectivity index (χ2v) is 13.4. The van der Waals surface area contributed by atoms with Gasteiger partial charge < -0.3 is 0 Å². The molecular weight excluding hydrogens is 235 g/mol. The molecule has 0 spiro atoms. The number of aliphatic hydroxyl groups excluding tert-OH is 3. The van der Waals surface area contributed by atoms with Crippen LogP contribution in [0, 0.1) is 0 Å². The Morgan fingerprint density at radius 1 is 0.800 bits per heavy atom. The number of aliphatic hydroxyl groups is 3. The van der Waals surface area contributed by atoms with Crippen molar-refractivity contribution >= 4 is 17.2 Å². The van der Waals surface area contributed by atoms with E-state index in [2.05, 4.69) is 6.66 Å². The monoisotopic (exact) mass is 258 g/mol. The molecule has 0 heterocycles. The molecule has 0 atom stereocenters. The van der Waals surface area contributed by atoms with Crippen LogP contribution in [0.3, 0.4) is 0 Å². The SMILES string of the molecule is CP(Cl)(CCCO)(CCCO)CCCO. The van der Waals surface area contributed by atoms with Gasteiger partial charge in [-0.2, -0.15) is 0 Å². The summed E-state index contributed by atoms with van der Waals surface area (Å²) in [7, 11) is 0. The average Bonchev–Trinajstić information content (AvgIpc) is 2.22. The molecule has 0 unspecified atom stereocenters. The zero-order valence-corrected chi connectivity index (χ0v) is 11.2. The molecule has 0 aliphatic heterocycles. The van der Waals surface area contributed by atoms with Gasteiger partial charge in [-0.05, 0) is 0 Å². The number of rotatable bonds is 9. The molecule has 3 N–H and O–H groups in total. The molecule has 0 aromatic rings. The Morgan fingerprint density at radius 2 is 1.07 bits per heavy atom. The first kappa shape index (κ1) is 15.6. The summed E-state index contributed by atoms with van der Waals surface area (Å²) >= 11 is 6.73. The van der Waals surface area contributed by atoms with Crippen LogP contribution in [0.2, 0.25) is 0 Å². The van der Waals surface area contributed by atoms with Gasteiger partial charge in [-0.25, -0.2) is 0 Å². The van der Waals surface area contributed by atoms with Crippen LogP contribution in [0.25, 0.3) is 0 Å². The van der Waals surface area contributed by atoms with Gasteiger partial charge >= 0.3 is 96.8 Å². The Labute approximate surface area is 97.2 Å². The van der Waals surface area contributed by atoms with Gasteiger partial charge in [0.25, 0.3) is 0 Å². The quantitative estimate of drug-likeness (QED) is 0.549. The van der Waals surface area contributed by atoms with E-state index >= 15 is 0 Å². The van der Waals surface area contributed by atoms with E-state index in [1.165, 1.54) is 0 Å². The van der Waals surface area contributed by atoms with Crippen molar-refractivity contribution in [3.8, 4) is 0 Å². The normalized spacial score (nSPS) is 14.9. The molecule has 0 radical (unpaired) electrons. The number of hydrogen-bond acceptors (Lipinski definition) is 3. The molecule has 3 nitrogen and oxygen atoms in total. The fourth-order valence-electron chi connectivity index (χ4n) is 1.87. The molecule has 0 rings (SSSR count). The van der Waals surface area contributed by atoms with Crippen molar-refractivity contribution in [1.82, 2.24) is 0 Å². The summed E-state index contributed by atoms with van der Waals surface area (Å²) in [6.07, 6.45) is 4.66. The summed E-state index contributed by atoms with van der Waals surface area (Å²) in [6, 6.07) is 0. The van der Waals surface area contributed by atoms with Crippen molar-refractivity contribution in [1.29, 1.82) is 0 Å². The minimum absolute atomic E-state index is 0.163. The first-order valence-electron chi connectivity index (χ1n) is 5.51. The Balaban J connectivity index is 4.33.